The minimum atomic E-state index is -0.676. The predicted molar refractivity (Wildman–Crippen MR) is 136 cm³/mol. The Hall–Kier alpha value is -3.81. The Morgan fingerprint density at radius 2 is 1.58 bits per heavy atom. The van der Waals surface area contributed by atoms with Gasteiger partial charge in [-0.1, -0.05) is 53.5 Å². The largest absolute Gasteiger partial charge is 0.489 e. The molecule has 0 spiro atoms. The van der Waals surface area contributed by atoms with Crippen LogP contribution in [0, 0.1) is 11.6 Å². The van der Waals surface area contributed by atoms with Crippen LogP contribution in [0.15, 0.2) is 84.9 Å². The van der Waals surface area contributed by atoms with Gasteiger partial charge in [-0.3, -0.25) is 0 Å². The van der Waals surface area contributed by atoms with Crippen LogP contribution in [0.1, 0.15) is 11.1 Å². The predicted octanol–water partition coefficient (Wildman–Crippen LogP) is 7.96. The highest BCUT2D eigenvalue weighted by Crippen LogP contribution is 2.33. The van der Waals surface area contributed by atoms with Gasteiger partial charge in [0.15, 0.2) is 11.6 Å². The second-order valence-corrected chi connectivity index (χ2v) is 8.50. The van der Waals surface area contributed by atoms with Gasteiger partial charge in [-0.2, -0.15) is 0 Å². The standard InChI is InChI=1S/C27H20Cl2F2N2O3/c28-19-7-11-25(22(29)13-19)36-26-12-8-20(14-24(26)31)33-27(34)32-15-17-5-9-21(10-6-17)35-16-18-3-1-2-4-23(18)30/h1-14H,15-16H2,(H2,32,33,34). The van der Waals surface area contributed by atoms with Gasteiger partial charge in [0, 0.05) is 28.9 Å². The molecule has 0 aliphatic carbocycles. The molecule has 184 valence electrons. The summed E-state index contributed by atoms with van der Waals surface area (Å²) in [6, 6.07) is 21.6. The molecule has 2 amide bonds. The van der Waals surface area contributed by atoms with E-state index < -0.39 is 11.8 Å². The van der Waals surface area contributed by atoms with E-state index in [-0.39, 0.29) is 41.2 Å². The van der Waals surface area contributed by atoms with Crippen LogP contribution in [0.4, 0.5) is 19.3 Å². The third kappa shape index (κ3) is 6.87. The number of carbonyl (C=O) groups excluding carboxylic acids is 1. The van der Waals surface area contributed by atoms with Gasteiger partial charge < -0.3 is 20.1 Å². The first-order valence-electron chi connectivity index (χ1n) is 10.8. The number of urea groups is 1. The molecule has 4 aromatic carbocycles. The first-order valence-corrected chi connectivity index (χ1v) is 11.6. The van der Waals surface area contributed by atoms with Crippen molar-refractivity contribution in [2.24, 2.45) is 0 Å². The molecule has 2 N–H and O–H groups in total. The molecule has 0 radical (unpaired) electrons. The van der Waals surface area contributed by atoms with Crippen LogP contribution >= 0.6 is 23.2 Å². The normalized spacial score (nSPS) is 10.6. The first kappa shape index (κ1) is 25.3. The van der Waals surface area contributed by atoms with Crippen LogP contribution in [-0.4, -0.2) is 6.03 Å². The van der Waals surface area contributed by atoms with Gasteiger partial charge >= 0.3 is 6.03 Å². The Morgan fingerprint density at radius 1 is 0.833 bits per heavy atom. The van der Waals surface area contributed by atoms with Crippen LogP contribution in [0.25, 0.3) is 0 Å². The van der Waals surface area contributed by atoms with Crippen molar-refractivity contribution < 1.29 is 23.0 Å². The van der Waals surface area contributed by atoms with Crippen molar-refractivity contribution in [3.05, 3.63) is 118 Å². The van der Waals surface area contributed by atoms with E-state index in [1.54, 1.807) is 48.5 Å². The molecule has 36 heavy (non-hydrogen) atoms. The number of anilines is 1. The maximum absolute atomic E-state index is 14.5. The van der Waals surface area contributed by atoms with Crippen molar-refractivity contribution in [1.29, 1.82) is 0 Å². The Labute approximate surface area is 216 Å². The van der Waals surface area contributed by atoms with E-state index in [0.717, 1.165) is 11.6 Å². The van der Waals surface area contributed by atoms with Crippen molar-refractivity contribution in [2.45, 2.75) is 13.2 Å². The van der Waals surface area contributed by atoms with E-state index in [0.29, 0.717) is 16.3 Å². The molecule has 0 aliphatic rings. The average molecular weight is 529 g/mol. The van der Waals surface area contributed by atoms with Gasteiger partial charge in [-0.25, -0.2) is 13.6 Å². The van der Waals surface area contributed by atoms with E-state index in [2.05, 4.69) is 10.6 Å². The fraction of sp³-hybridized carbons (Fsp3) is 0.0741. The van der Waals surface area contributed by atoms with Gasteiger partial charge in [-0.15, -0.1) is 0 Å². The van der Waals surface area contributed by atoms with E-state index in [4.69, 9.17) is 32.7 Å². The Bertz CT molecular complexity index is 1370. The molecular weight excluding hydrogens is 509 g/mol. The molecule has 4 aromatic rings. The zero-order chi connectivity index (χ0) is 25.5. The molecule has 0 unspecified atom stereocenters. The summed E-state index contributed by atoms with van der Waals surface area (Å²) < 4.78 is 39.3. The fourth-order valence-electron chi connectivity index (χ4n) is 3.18. The second kappa shape index (κ2) is 11.7. The number of nitrogens with one attached hydrogen (secondary N) is 2. The van der Waals surface area contributed by atoms with Gasteiger partial charge in [0.2, 0.25) is 0 Å². The van der Waals surface area contributed by atoms with Gasteiger partial charge in [0.1, 0.15) is 23.9 Å². The van der Waals surface area contributed by atoms with Crippen molar-refractivity contribution in [2.75, 3.05) is 5.32 Å². The zero-order valence-corrected chi connectivity index (χ0v) is 20.2. The Balaban J connectivity index is 1.26. The number of rotatable bonds is 8. The highest BCUT2D eigenvalue weighted by atomic mass is 35.5. The summed E-state index contributed by atoms with van der Waals surface area (Å²) in [5.41, 5.74) is 1.53. The zero-order valence-electron chi connectivity index (χ0n) is 18.7. The van der Waals surface area contributed by atoms with Crippen molar-refractivity contribution in [3.63, 3.8) is 0 Å². The minimum Gasteiger partial charge on any atom is -0.489 e. The smallest absolute Gasteiger partial charge is 0.319 e. The fourth-order valence-corrected chi connectivity index (χ4v) is 3.62. The molecule has 0 fully saturated rings. The molecule has 5 nitrogen and oxygen atoms in total. The number of halogens is 4. The number of ether oxygens (including phenoxy) is 2. The van der Waals surface area contributed by atoms with E-state index in [1.807, 2.05) is 0 Å². The number of hydrogen-bond donors (Lipinski definition) is 2. The van der Waals surface area contributed by atoms with Crippen LogP contribution in [-0.2, 0) is 13.2 Å². The highest BCUT2D eigenvalue weighted by Gasteiger charge is 2.11. The molecule has 0 saturated heterocycles. The number of hydrogen-bond acceptors (Lipinski definition) is 3. The molecular formula is C27H20Cl2F2N2O3. The third-order valence-corrected chi connectivity index (χ3v) is 5.56. The lowest BCUT2D eigenvalue weighted by Gasteiger charge is -2.12. The summed E-state index contributed by atoms with van der Waals surface area (Å²) in [4.78, 5) is 12.2. The molecule has 0 saturated carbocycles. The van der Waals surface area contributed by atoms with Crippen LogP contribution in [0.2, 0.25) is 10.0 Å². The van der Waals surface area contributed by atoms with E-state index in [1.165, 1.54) is 30.3 Å². The summed E-state index contributed by atoms with van der Waals surface area (Å²) in [5, 5.41) is 5.94. The maximum atomic E-state index is 14.5. The lowest BCUT2D eigenvalue weighted by molar-refractivity contribution is 0.251. The highest BCUT2D eigenvalue weighted by molar-refractivity contribution is 6.35. The van der Waals surface area contributed by atoms with Gasteiger partial charge in [0.05, 0.1) is 5.02 Å². The number of amides is 2. The van der Waals surface area contributed by atoms with Crippen molar-refractivity contribution in [3.8, 4) is 17.2 Å². The third-order valence-electron chi connectivity index (χ3n) is 5.03. The summed E-state index contributed by atoms with van der Waals surface area (Å²) in [7, 11) is 0. The van der Waals surface area contributed by atoms with Crippen LogP contribution < -0.4 is 20.1 Å². The molecule has 0 aromatic heterocycles. The maximum Gasteiger partial charge on any atom is 0.319 e. The summed E-state index contributed by atoms with van der Waals surface area (Å²) in [5.74, 6) is -0.226. The average Bonchev–Trinajstić information content (AvgIpc) is 2.86. The van der Waals surface area contributed by atoms with Gasteiger partial charge in [0.25, 0.3) is 0 Å². The van der Waals surface area contributed by atoms with Gasteiger partial charge in [-0.05, 0) is 54.1 Å². The monoisotopic (exact) mass is 528 g/mol. The molecule has 0 aliphatic heterocycles. The SMILES string of the molecule is O=C(NCc1ccc(OCc2ccccc2F)cc1)Nc1ccc(Oc2ccc(Cl)cc2Cl)c(F)c1. The lowest BCUT2D eigenvalue weighted by Crippen LogP contribution is -2.28. The summed E-state index contributed by atoms with van der Waals surface area (Å²) >= 11 is 11.9. The van der Waals surface area contributed by atoms with E-state index >= 15 is 0 Å². The van der Waals surface area contributed by atoms with Crippen molar-refractivity contribution in [1.82, 2.24) is 5.32 Å². The van der Waals surface area contributed by atoms with Crippen molar-refractivity contribution >= 4 is 34.9 Å². The lowest BCUT2D eigenvalue weighted by atomic mass is 10.2. The molecule has 0 atom stereocenters. The molecule has 4 rings (SSSR count). The molecule has 9 heteroatoms. The minimum absolute atomic E-state index is 0.0532. The first-order chi connectivity index (χ1) is 17.4. The summed E-state index contributed by atoms with van der Waals surface area (Å²) in [6.07, 6.45) is 0. The molecule has 0 heterocycles. The topological polar surface area (TPSA) is 59.6 Å². The Morgan fingerprint density at radius 3 is 2.31 bits per heavy atom. The van der Waals surface area contributed by atoms with Crippen LogP contribution in [0.5, 0.6) is 17.2 Å². The number of benzene rings is 4. The summed E-state index contributed by atoms with van der Waals surface area (Å²) in [6.45, 7) is 0.345. The molecule has 0 bridgehead atoms. The Kier molecular flexibility index (Phi) is 8.25. The quantitative estimate of drug-likeness (QED) is 0.244. The second-order valence-electron chi connectivity index (χ2n) is 7.65. The van der Waals surface area contributed by atoms with E-state index in [9.17, 15) is 13.6 Å². The van der Waals surface area contributed by atoms with Crippen LogP contribution in [0.3, 0.4) is 0 Å². The number of carbonyl (C=O) groups is 1.